The molecule has 4 heterocycles. The van der Waals surface area contributed by atoms with E-state index in [2.05, 4.69) is 41.0 Å². The summed E-state index contributed by atoms with van der Waals surface area (Å²) in [7, 11) is 5.26. The van der Waals surface area contributed by atoms with Crippen molar-refractivity contribution in [1.29, 1.82) is 0 Å². The Morgan fingerprint density at radius 3 is 2.73 bits per heavy atom. The predicted molar refractivity (Wildman–Crippen MR) is 131 cm³/mol. The molecule has 2 aliphatic heterocycles. The second-order valence-electron chi connectivity index (χ2n) is 8.50. The number of thiophene rings is 1. The van der Waals surface area contributed by atoms with E-state index >= 15 is 0 Å². The van der Waals surface area contributed by atoms with Gasteiger partial charge < -0.3 is 29.2 Å². The molecule has 1 atom stereocenters. The van der Waals surface area contributed by atoms with E-state index in [1.165, 1.54) is 21.0 Å². The maximum Gasteiger partial charge on any atom is 0.322 e. The number of amides is 2. The first-order valence-corrected chi connectivity index (χ1v) is 12.1. The summed E-state index contributed by atoms with van der Waals surface area (Å²) in [6.07, 6.45) is 3.10. The number of likely N-dealkylation sites (N-methyl/N-ethyl adjacent to an activating group) is 1. The molecule has 0 aliphatic carbocycles. The van der Waals surface area contributed by atoms with Gasteiger partial charge in [-0.25, -0.2) is 4.79 Å². The number of halogens is 1. The number of nitrogens with one attached hydrogen (secondary N) is 1. The van der Waals surface area contributed by atoms with Crippen LogP contribution in [0.25, 0.3) is 5.00 Å². The first-order chi connectivity index (χ1) is 15.9. The van der Waals surface area contributed by atoms with Gasteiger partial charge in [-0.15, -0.1) is 11.3 Å². The minimum atomic E-state index is -0.199. The number of anilines is 1. The molecule has 0 saturated carbocycles. The summed E-state index contributed by atoms with van der Waals surface area (Å²) in [5.41, 5.74) is 4.24. The lowest BCUT2D eigenvalue weighted by Crippen LogP contribution is -2.36. The molecule has 0 saturated heterocycles. The van der Waals surface area contributed by atoms with Gasteiger partial charge in [0.15, 0.2) is 0 Å². The number of carbonyl (C=O) groups is 1. The summed E-state index contributed by atoms with van der Waals surface area (Å²) in [6, 6.07) is 7.18. The van der Waals surface area contributed by atoms with Crippen molar-refractivity contribution in [2.45, 2.75) is 32.5 Å². The molecule has 0 radical (unpaired) electrons. The molecule has 1 unspecified atom stereocenters. The van der Waals surface area contributed by atoms with Gasteiger partial charge in [0.05, 0.1) is 37.5 Å². The predicted octanol–water partition coefficient (Wildman–Crippen LogP) is 5.31. The molecule has 33 heavy (non-hydrogen) atoms. The Morgan fingerprint density at radius 1 is 1.18 bits per heavy atom. The Hall–Kier alpha value is -2.68. The zero-order valence-corrected chi connectivity index (χ0v) is 20.7. The molecule has 2 aliphatic rings. The molecule has 0 spiro atoms. The topological polar surface area (TPSA) is 59.0 Å². The van der Waals surface area contributed by atoms with Gasteiger partial charge in [0.1, 0.15) is 16.5 Å². The van der Waals surface area contributed by atoms with E-state index in [1.807, 2.05) is 22.3 Å². The second-order valence-corrected chi connectivity index (χ2v) is 9.99. The van der Waals surface area contributed by atoms with Crippen molar-refractivity contribution >= 4 is 34.7 Å². The van der Waals surface area contributed by atoms with Crippen molar-refractivity contribution in [2.75, 3.05) is 33.1 Å². The van der Waals surface area contributed by atoms with Crippen LogP contribution in [0.4, 0.5) is 10.5 Å². The number of fused-ring (bicyclic) bond motifs is 5. The highest BCUT2D eigenvalue weighted by molar-refractivity contribution is 7.15. The maximum atomic E-state index is 13.6. The van der Waals surface area contributed by atoms with Crippen LogP contribution in [0.15, 0.2) is 30.5 Å². The Morgan fingerprint density at radius 2 is 1.97 bits per heavy atom. The van der Waals surface area contributed by atoms with Crippen molar-refractivity contribution in [3.63, 3.8) is 0 Å². The van der Waals surface area contributed by atoms with Crippen LogP contribution in [-0.2, 0) is 19.5 Å². The summed E-state index contributed by atoms with van der Waals surface area (Å²) < 4.78 is 13.0. The smallest absolute Gasteiger partial charge is 0.322 e. The van der Waals surface area contributed by atoms with E-state index in [1.54, 1.807) is 26.4 Å². The van der Waals surface area contributed by atoms with Crippen LogP contribution >= 0.6 is 22.9 Å². The highest BCUT2D eigenvalue weighted by Gasteiger charge is 2.33. The van der Waals surface area contributed by atoms with Gasteiger partial charge in [0.2, 0.25) is 0 Å². The third kappa shape index (κ3) is 3.76. The Kier molecular flexibility index (Phi) is 5.76. The number of rotatable bonds is 3. The molecule has 5 rings (SSSR count). The lowest BCUT2D eigenvalue weighted by molar-refractivity contribution is 0.189. The van der Waals surface area contributed by atoms with E-state index in [4.69, 9.17) is 21.1 Å². The minimum Gasteiger partial charge on any atom is -0.495 e. The fourth-order valence-corrected chi connectivity index (χ4v) is 6.40. The van der Waals surface area contributed by atoms with Crippen LogP contribution in [0, 0.1) is 0 Å². The third-order valence-electron chi connectivity index (χ3n) is 6.54. The number of urea groups is 1. The first kappa shape index (κ1) is 22.1. The van der Waals surface area contributed by atoms with Crippen LogP contribution in [0.1, 0.15) is 34.7 Å². The zero-order chi connectivity index (χ0) is 23.3. The lowest BCUT2D eigenvalue weighted by atomic mass is 10.0. The van der Waals surface area contributed by atoms with E-state index in [0.717, 1.165) is 25.2 Å². The average Bonchev–Trinajstić information content (AvgIpc) is 3.39. The Bertz CT molecular complexity index is 1220. The summed E-state index contributed by atoms with van der Waals surface area (Å²) >= 11 is 8.17. The molecule has 9 heteroatoms. The normalized spacial score (nSPS) is 17.6. The number of carbonyl (C=O) groups excluding carboxylic acids is 1. The number of hydrogen-bond acceptors (Lipinski definition) is 5. The fraction of sp³-hybridized carbons (Fsp3) is 0.375. The van der Waals surface area contributed by atoms with E-state index in [-0.39, 0.29) is 12.1 Å². The standard InChI is InChI=1S/C24H27ClN4O3S/c1-14-19-6-5-8-28(19)23-16(15-7-9-27(2)13-22(15)33-23)12-29(14)24(30)26-18-10-17(25)20(31-3)11-21(18)32-4/h5-6,8,10-11,14H,7,9,12-13H2,1-4H3,(H,26,30). The van der Waals surface area contributed by atoms with Crippen molar-refractivity contribution in [3.8, 4) is 16.5 Å². The monoisotopic (exact) mass is 486 g/mol. The van der Waals surface area contributed by atoms with Crippen LogP contribution in [0.5, 0.6) is 11.5 Å². The van der Waals surface area contributed by atoms with Gasteiger partial charge in [-0.1, -0.05) is 11.6 Å². The van der Waals surface area contributed by atoms with E-state index < -0.39 is 0 Å². The van der Waals surface area contributed by atoms with Gasteiger partial charge in [-0.3, -0.25) is 0 Å². The number of ether oxygens (including phenoxy) is 2. The largest absolute Gasteiger partial charge is 0.495 e. The molecule has 2 aromatic heterocycles. The minimum absolute atomic E-state index is 0.110. The second kappa shape index (κ2) is 8.59. The maximum absolute atomic E-state index is 13.6. The molecule has 1 aromatic carbocycles. The third-order valence-corrected chi connectivity index (χ3v) is 8.09. The zero-order valence-electron chi connectivity index (χ0n) is 19.1. The average molecular weight is 487 g/mol. The Labute approximate surface area is 202 Å². The summed E-state index contributed by atoms with van der Waals surface area (Å²) in [5, 5.41) is 4.65. The molecule has 7 nitrogen and oxygen atoms in total. The number of aromatic nitrogens is 1. The molecule has 1 N–H and O–H groups in total. The number of nitrogens with zero attached hydrogens (tertiary/aromatic N) is 3. The summed E-state index contributed by atoms with van der Waals surface area (Å²) in [5.74, 6) is 0.985. The SMILES string of the molecule is COc1cc(OC)c(NC(=O)N2Cc3c(sc4c3CCN(C)C4)-n3cccc3C2C)cc1Cl. The lowest BCUT2D eigenvalue weighted by Gasteiger charge is -2.29. The fourth-order valence-electron chi connectivity index (χ4n) is 4.72. The molecule has 0 bridgehead atoms. The quantitative estimate of drug-likeness (QED) is 0.545. The molecular formula is C24H27ClN4O3S. The molecule has 3 aromatic rings. The molecule has 0 fully saturated rings. The Balaban J connectivity index is 1.52. The van der Waals surface area contributed by atoms with Crippen LogP contribution in [-0.4, -0.2) is 48.2 Å². The molecule has 2 amide bonds. The summed E-state index contributed by atoms with van der Waals surface area (Å²) in [4.78, 5) is 19.3. The molecular weight excluding hydrogens is 460 g/mol. The van der Waals surface area contributed by atoms with Gasteiger partial charge in [-0.05, 0) is 44.2 Å². The van der Waals surface area contributed by atoms with Crippen molar-refractivity contribution < 1.29 is 14.3 Å². The van der Waals surface area contributed by atoms with Crippen LogP contribution in [0.2, 0.25) is 5.02 Å². The number of hydrogen-bond donors (Lipinski definition) is 1. The van der Waals surface area contributed by atoms with Crippen LogP contribution < -0.4 is 14.8 Å². The van der Waals surface area contributed by atoms with Crippen molar-refractivity contribution in [1.82, 2.24) is 14.4 Å². The van der Waals surface area contributed by atoms with E-state index in [9.17, 15) is 4.79 Å². The number of methoxy groups -OCH3 is 2. The first-order valence-electron chi connectivity index (χ1n) is 10.9. The van der Waals surface area contributed by atoms with Crippen molar-refractivity contribution in [2.24, 2.45) is 0 Å². The number of benzene rings is 1. The van der Waals surface area contributed by atoms with Gasteiger partial charge >= 0.3 is 6.03 Å². The van der Waals surface area contributed by atoms with Crippen molar-refractivity contribution in [3.05, 3.63) is 57.2 Å². The summed E-state index contributed by atoms with van der Waals surface area (Å²) in [6.45, 7) is 4.59. The van der Waals surface area contributed by atoms with Gasteiger partial charge in [-0.2, -0.15) is 0 Å². The highest BCUT2D eigenvalue weighted by Crippen LogP contribution is 2.42. The van der Waals surface area contributed by atoms with Gasteiger partial charge in [0, 0.05) is 41.5 Å². The van der Waals surface area contributed by atoms with Gasteiger partial charge in [0.25, 0.3) is 0 Å². The van der Waals surface area contributed by atoms with E-state index in [0.29, 0.717) is 28.8 Å². The van der Waals surface area contributed by atoms with Crippen LogP contribution in [0.3, 0.4) is 0 Å². The molecule has 174 valence electrons. The highest BCUT2D eigenvalue weighted by atomic mass is 35.5.